The molecular weight excluding hydrogens is 395 g/mol. The average Bonchev–Trinajstić information content (AvgIpc) is 3.09. The predicted octanol–water partition coefficient (Wildman–Crippen LogP) is 5.30. The molecule has 9 heteroatoms. The number of benzene rings is 2. The van der Waals surface area contributed by atoms with Gasteiger partial charge in [0.05, 0.1) is 11.8 Å². The second-order valence-corrected chi connectivity index (χ2v) is 6.60. The number of nitrogens with zero attached hydrogens (tertiary/aromatic N) is 3. The Morgan fingerprint density at radius 3 is 2.47 bits per heavy atom. The zero-order valence-electron chi connectivity index (χ0n) is 15.7. The van der Waals surface area contributed by atoms with E-state index in [1.54, 1.807) is 29.2 Å². The summed E-state index contributed by atoms with van der Waals surface area (Å²) in [5, 5.41) is 10.1. The molecule has 0 bridgehead atoms. The number of nitrogens with one attached hydrogen (secondary N) is 2. The zero-order chi connectivity index (χ0) is 21.3. The van der Waals surface area contributed by atoms with Gasteiger partial charge in [-0.15, -0.1) is 0 Å². The van der Waals surface area contributed by atoms with Gasteiger partial charge in [0.2, 0.25) is 0 Å². The number of anilines is 2. The topological polar surface area (TPSA) is 71.8 Å². The molecule has 0 spiro atoms. The Labute approximate surface area is 169 Å². The summed E-state index contributed by atoms with van der Waals surface area (Å²) in [6.45, 7) is 0. The second-order valence-electron chi connectivity index (χ2n) is 6.60. The van der Waals surface area contributed by atoms with Crippen LogP contribution in [-0.2, 0) is 13.2 Å². The van der Waals surface area contributed by atoms with Crippen LogP contribution < -0.4 is 10.6 Å². The van der Waals surface area contributed by atoms with Crippen LogP contribution in [0.15, 0.2) is 67.0 Å². The minimum atomic E-state index is -4.48. The van der Waals surface area contributed by atoms with E-state index in [1.807, 2.05) is 25.2 Å². The first kappa shape index (κ1) is 19.4. The SMILES string of the molecule is Cn1ncc2c(-c3ccc(NC(=O)Nc4cccc(C(F)(F)F)c4)cc3)ccnc21. The number of fused-ring (bicyclic) bond motifs is 1. The van der Waals surface area contributed by atoms with Gasteiger partial charge in [0, 0.05) is 30.0 Å². The molecule has 0 radical (unpaired) electrons. The van der Waals surface area contributed by atoms with Crippen molar-refractivity contribution in [3.05, 3.63) is 72.6 Å². The molecule has 0 fully saturated rings. The van der Waals surface area contributed by atoms with Crippen LogP contribution >= 0.6 is 0 Å². The van der Waals surface area contributed by atoms with Gasteiger partial charge in [0.25, 0.3) is 0 Å². The molecule has 0 saturated heterocycles. The number of hydrogen-bond donors (Lipinski definition) is 2. The Morgan fingerprint density at radius 1 is 1.00 bits per heavy atom. The fourth-order valence-electron chi connectivity index (χ4n) is 3.10. The van der Waals surface area contributed by atoms with Crippen LogP contribution in [0.1, 0.15) is 5.56 Å². The molecule has 0 aliphatic carbocycles. The molecular formula is C21H16F3N5O. The van der Waals surface area contributed by atoms with E-state index in [1.165, 1.54) is 12.1 Å². The zero-order valence-corrected chi connectivity index (χ0v) is 15.7. The summed E-state index contributed by atoms with van der Waals surface area (Å²) in [5.74, 6) is 0. The summed E-state index contributed by atoms with van der Waals surface area (Å²) in [6.07, 6.45) is -1.03. The van der Waals surface area contributed by atoms with Gasteiger partial charge in [-0.2, -0.15) is 18.3 Å². The number of aryl methyl sites for hydroxylation is 1. The number of pyridine rings is 1. The lowest BCUT2D eigenvalue weighted by atomic mass is 10.0. The lowest BCUT2D eigenvalue weighted by Gasteiger charge is -2.11. The predicted molar refractivity (Wildman–Crippen MR) is 108 cm³/mol. The summed E-state index contributed by atoms with van der Waals surface area (Å²) in [6, 6.07) is 12.8. The van der Waals surface area contributed by atoms with Crippen molar-refractivity contribution in [2.75, 3.05) is 10.6 Å². The molecule has 152 valence electrons. The number of hydrogen-bond acceptors (Lipinski definition) is 3. The highest BCUT2D eigenvalue weighted by Gasteiger charge is 2.30. The molecule has 2 heterocycles. The van der Waals surface area contributed by atoms with Crippen molar-refractivity contribution in [1.29, 1.82) is 0 Å². The largest absolute Gasteiger partial charge is 0.416 e. The number of halogens is 3. The molecule has 0 unspecified atom stereocenters. The van der Waals surface area contributed by atoms with Crippen LogP contribution in [0, 0.1) is 0 Å². The van der Waals surface area contributed by atoms with Gasteiger partial charge in [0.15, 0.2) is 5.65 Å². The normalized spacial score (nSPS) is 11.5. The second kappa shape index (κ2) is 7.51. The Kier molecular flexibility index (Phi) is 4.86. The Bertz CT molecular complexity index is 1220. The number of urea groups is 1. The Balaban J connectivity index is 1.48. The van der Waals surface area contributed by atoms with Crippen molar-refractivity contribution in [3.8, 4) is 11.1 Å². The highest BCUT2D eigenvalue weighted by Crippen LogP contribution is 2.31. The summed E-state index contributed by atoms with van der Waals surface area (Å²) in [7, 11) is 1.81. The van der Waals surface area contributed by atoms with Crippen molar-refractivity contribution in [3.63, 3.8) is 0 Å². The van der Waals surface area contributed by atoms with Crippen molar-refractivity contribution >= 4 is 28.4 Å². The molecule has 30 heavy (non-hydrogen) atoms. The molecule has 0 aliphatic heterocycles. The lowest BCUT2D eigenvalue weighted by molar-refractivity contribution is -0.137. The fraction of sp³-hybridized carbons (Fsp3) is 0.0952. The van der Waals surface area contributed by atoms with Crippen LogP contribution in [0.3, 0.4) is 0 Å². The van der Waals surface area contributed by atoms with Gasteiger partial charge in [-0.1, -0.05) is 18.2 Å². The van der Waals surface area contributed by atoms with E-state index in [0.717, 1.165) is 34.3 Å². The molecule has 4 rings (SSSR count). The van der Waals surface area contributed by atoms with E-state index in [-0.39, 0.29) is 5.69 Å². The minimum absolute atomic E-state index is 0.0506. The number of amides is 2. The fourth-order valence-corrected chi connectivity index (χ4v) is 3.10. The maximum Gasteiger partial charge on any atom is 0.416 e. The molecule has 6 nitrogen and oxygen atoms in total. The number of carbonyl (C=O) groups excluding carboxylic acids is 1. The highest BCUT2D eigenvalue weighted by atomic mass is 19.4. The lowest BCUT2D eigenvalue weighted by Crippen LogP contribution is -2.19. The van der Waals surface area contributed by atoms with Crippen LogP contribution in [-0.4, -0.2) is 20.8 Å². The van der Waals surface area contributed by atoms with Crippen LogP contribution in [0.2, 0.25) is 0 Å². The van der Waals surface area contributed by atoms with E-state index in [4.69, 9.17) is 0 Å². The monoisotopic (exact) mass is 411 g/mol. The third-order valence-corrected chi connectivity index (χ3v) is 4.54. The number of rotatable bonds is 3. The molecule has 0 aliphatic rings. The minimum Gasteiger partial charge on any atom is -0.308 e. The van der Waals surface area contributed by atoms with E-state index in [2.05, 4.69) is 20.7 Å². The first-order valence-electron chi connectivity index (χ1n) is 8.94. The van der Waals surface area contributed by atoms with E-state index in [0.29, 0.717) is 5.69 Å². The third-order valence-electron chi connectivity index (χ3n) is 4.54. The quantitative estimate of drug-likeness (QED) is 0.481. The summed E-state index contributed by atoms with van der Waals surface area (Å²) in [4.78, 5) is 16.5. The molecule has 0 atom stereocenters. The van der Waals surface area contributed by atoms with Crippen molar-refractivity contribution < 1.29 is 18.0 Å². The standard InChI is InChI=1S/C21H16F3N5O/c1-29-19-18(12-26-29)17(9-10-25-19)13-5-7-15(8-6-13)27-20(30)28-16-4-2-3-14(11-16)21(22,23)24/h2-12H,1H3,(H2,27,28,30). The summed E-state index contributed by atoms with van der Waals surface area (Å²) < 4.78 is 40.1. The maximum absolute atomic E-state index is 12.8. The van der Waals surface area contributed by atoms with E-state index < -0.39 is 17.8 Å². The van der Waals surface area contributed by atoms with Crippen LogP contribution in [0.25, 0.3) is 22.2 Å². The van der Waals surface area contributed by atoms with Gasteiger partial charge < -0.3 is 10.6 Å². The van der Waals surface area contributed by atoms with Crippen molar-refractivity contribution in [2.45, 2.75) is 6.18 Å². The van der Waals surface area contributed by atoms with Crippen LogP contribution in [0.4, 0.5) is 29.3 Å². The smallest absolute Gasteiger partial charge is 0.308 e. The van der Waals surface area contributed by atoms with Gasteiger partial charge in [-0.05, 0) is 47.5 Å². The first-order chi connectivity index (χ1) is 14.3. The van der Waals surface area contributed by atoms with E-state index in [9.17, 15) is 18.0 Å². The number of alkyl halides is 3. The Morgan fingerprint density at radius 2 is 1.73 bits per heavy atom. The van der Waals surface area contributed by atoms with Gasteiger partial charge in [-0.3, -0.25) is 4.68 Å². The summed E-state index contributed by atoms with van der Waals surface area (Å²) >= 11 is 0. The maximum atomic E-state index is 12.8. The number of carbonyl (C=O) groups is 1. The van der Waals surface area contributed by atoms with Gasteiger partial charge in [0.1, 0.15) is 0 Å². The van der Waals surface area contributed by atoms with Crippen molar-refractivity contribution in [2.24, 2.45) is 7.05 Å². The molecule has 2 N–H and O–H groups in total. The van der Waals surface area contributed by atoms with Gasteiger partial charge in [-0.25, -0.2) is 9.78 Å². The molecule has 2 amide bonds. The third kappa shape index (κ3) is 3.95. The van der Waals surface area contributed by atoms with Crippen molar-refractivity contribution in [1.82, 2.24) is 14.8 Å². The molecule has 2 aromatic heterocycles. The molecule has 0 saturated carbocycles. The average molecular weight is 411 g/mol. The first-order valence-corrected chi connectivity index (χ1v) is 8.94. The van der Waals surface area contributed by atoms with Crippen LogP contribution in [0.5, 0.6) is 0 Å². The van der Waals surface area contributed by atoms with E-state index >= 15 is 0 Å². The number of aromatic nitrogens is 3. The molecule has 4 aromatic rings. The summed E-state index contributed by atoms with van der Waals surface area (Å²) in [5.41, 5.74) is 2.35. The Hall–Kier alpha value is -3.88. The van der Waals surface area contributed by atoms with Gasteiger partial charge >= 0.3 is 12.2 Å². The molecule has 2 aromatic carbocycles. The highest BCUT2D eigenvalue weighted by molar-refractivity contribution is 6.00.